The fourth-order valence-electron chi connectivity index (χ4n) is 1.83. The number of thioether (sulfide) groups is 1. The van der Waals surface area contributed by atoms with E-state index >= 15 is 0 Å². The van der Waals surface area contributed by atoms with Gasteiger partial charge in [-0.05, 0) is 31.9 Å². The lowest BCUT2D eigenvalue weighted by molar-refractivity contribution is -0.116. The first-order valence-electron chi connectivity index (χ1n) is 6.56. The van der Waals surface area contributed by atoms with E-state index in [0.717, 1.165) is 22.5 Å². The molecule has 4 heteroatoms. The first kappa shape index (κ1) is 14.7. The van der Waals surface area contributed by atoms with E-state index in [2.05, 4.69) is 9.97 Å². The van der Waals surface area contributed by atoms with Gasteiger partial charge in [-0.25, -0.2) is 9.97 Å². The Morgan fingerprint density at radius 2 is 1.65 bits per heavy atom. The van der Waals surface area contributed by atoms with Crippen LogP contribution in [-0.4, -0.2) is 21.5 Å². The largest absolute Gasteiger partial charge is 0.298 e. The third kappa shape index (κ3) is 3.90. The van der Waals surface area contributed by atoms with Gasteiger partial charge in [0.25, 0.3) is 0 Å². The molecule has 1 aromatic carbocycles. The molecule has 0 N–H and O–H groups in total. The second-order valence-electron chi connectivity index (χ2n) is 4.79. The zero-order valence-electron chi connectivity index (χ0n) is 12.0. The summed E-state index contributed by atoms with van der Waals surface area (Å²) in [5.41, 5.74) is 4.13. The molecule has 0 bridgehead atoms. The second kappa shape index (κ2) is 6.66. The predicted octanol–water partition coefficient (Wildman–Crippen LogP) is 3.31. The summed E-state index contributed by atoms with van der Waals surface area (Å²) in [6.07, 6.45) is 0.470. The highest BCUT2D eigenvalue weighted by Crippen LogP contribution is 2.17. The van der Waals surface area contributed by atoms with Crippen molar-refractivity contribution < 1.29 is 4.79 Å². The molecule has 104 valence electrons. The summed E-state index contributed by atoms with van der Waals surface area (Å²) >= 11 is 1.41. The molecule has 20 heavy (non-hydrogen) atoms. The molecule has 0 spiro atoms. The van der Waals surface area contributed by atoms with Crippen molar-refractivity contribution in [3.05, 3.63) is 52.8 Å². The number of benzene rings is 1. The normalized spacial score (nSPS) is 10.6. The van der Waals surface area contributed by atoms with E-state index in [9.17, 15) is 4.79 Å². The monoisotopic (exact) mass is 286 g/mol. The third-order valence-corrected chi connectivity index (χ3v) is 4.13. The lowest BCUT2D eigenvalue weighted by Crippen LogP contribution is -2.07. The smallest absolute Gasteiger partial charge is 0.188 e. The summed E-state index contributed by atoms with van der Waals surface area (Å²) in [6, 6.07) is 9.80. The van der Waals surface area contributed by atoms with Crippen LogP contribution in [0.25, 0.3) is 0 Å². The Morgan fingerprint density at radius 1 is 1.05 bits per heavy atom. The molecule has 0 radical (unpaired) electrons. The van der Waals surface area contributed by atoms with Crippen LogP contribution in [0.4, 0.5) is 0 Å². The van der Waals surface area contributed by atoms with E-state index in [4.69, 9.17) is 0 Å². The van der Waals surface area contributed by atoms with Crippen LogP contribution < -0.4 is 0 Å². The maximum Gasteiger partial charge on any atom is 0.188 e. The average Bonchev–Trinajstić information content (AvgIpc) is 2.43. The Kier molecular flexibility index (Phi) is 4.90. The molecule has 0 saturated heterocycles. The molecule has 0 amide bonds. The lowest BCUT2D eigenvalue weighted by Gasteiger charge is -2.06. The molecule has 0 unspecified atom stereocenters. The maximum absolute atomic E-state index is 11.9. The van der Waals surface area contributed by atoms with Crippen molar-refractivity contribution in [3.8, 4) is 0 Å². The quantitative estimate of drug-likeness (QED) is 0.625. The van der Waals surface area contributed by atoms with Gasteiger partial charge in [-0.15, -0.1) is 0 Å². The molecule has 0 atom stereocenters. The minimum absolute atomic E-state index is 0.195. The number of nitrogens with zero attached hydrogens (tertiary/aromatic N) is 2. The number of rotatable bonds is 5. The average molecular weight is 286 g/mol. The van der Waals surface area contributed by atoms with Gasteiger partial charge in [0.15, 0.2) is 5.16 Å². The molecule has 0 saturated carbocycles. The van der Waals surface area contributed by atoms with Gasteiger partial charge in [0.2, 0.25) is 0 Å². The molecule has 2 aromatic rings. The van der Waals surface area contributed by atoms with Crippen molar-refractivity contribution in [3.63, 3.8) is 0 Å². The molecule has 2 rings (SSSR count). The fraction of sp³-hybridized carbons (Fsp3) is 0.312. The van der Waals surface area contributed by atoms with E-state index in [1.165, 1.54) is 11.8 Å². The summed E-state index contributed by atoms with van der Waals surface area (Å²) < 4.78 is 0. The van der Waals surface area contributed by atoms with Gasteiger partial charge in [-0.2, -0.15) is 0 Å². The van der Waals surface area contributed by atoms with Crippen LogP contribution in [0.2, 0.25) is 0 Å². The SMILES string of the molecule is Cc1nc(SCC(=O)Cc2ccccc2)nc(C)c1C. The van der Waals surface area contributed by atoms with Gasteiger partial charge in [0.05, 0.1) is 5.75 Å². The predicted molar refractivity (Wildman–Crippen MR) is 82.1 cm³/mol. The van der Waals surface area contributed by atoms with Crippen LogP contribution >= 0.6 is 11.8 Å². The van der Waals surface area contributed by atoms with E-state index in [0.29, 0.717) is 17.3 Å². The van der Waals surface area contributed by atoms with Crippen molar-refractivity contribution >= 4 is 17.5 Å². The Bertz CT molecular complexity index is 588. The van der Waals surface area contributed by atoms with Gasteiger partial charge in [-0.1, -0.05) is 42.1 Å². The van der Waals surface area contributed by atoms with Gasteiger partial charge in [0.1, 0.15) is 5.78 Å². The fourth-order valence-corrected chi connectivity index (χ4v) is 2.62. The first-order chi connectivity index (χ1) is 9.56. The van der Waals surface area contributed by atoms with Crippen LogP contribution in [0.5, 0.6) is 0 Å². The second-order valence-corrected chi connectivity index (χ2v) is 5.73. The van der Waals surface area contributed by atoms with Gasteiger partial charge >= 0.3 is 0 Å². The van der Waals surface area contributed by atoms with Crippen LogP contribution in [0, 0.1) is 20.8 Å². The highest BCUT2D eigenvalue weighted by atomic mass is 32.2. The van der Waals surface area contributed by atoms with E-state index in [1.807, 2.05) is 51.1 Å². The van der Waals surface area contributed by atoms with E-state index in [-0.39, 0.29) is 5.78 Å². The summed E-state index contributed by atoms with van der Waals surface area (Å²) in [7, 11) is 0. The van der Waals surface area contributed by atoms with E-state index < -0.39 is 0 Å². The zero-order chi connectivity index (χ0) is 14.5. The lowest BCUT2D eigenvalue weighted by atomic mass is 10.1. The van der Waals surface area contributed by atoms with Crippen LogP contribution in [0.3, 0.4) is 0 Å². The van der Waals surface area contributed by atoms with Crippen molar-refractivity contribution in [2.75, 3.05) is 5.75 Å². The first-order valence-corrected chi connectivity index (χ1v) is 7.55. The van der Waals surface area contributed by atoms with E-state index in [1.54, 1.807) is 0 Å². The Morgan fingerprint density at radius 3 is 2.25 bits per heavy atom. The summed E-state index contributed by atoms with van der Waals surface area (Å²) in [5.74, 6) is 0.609. The third-order valence-electron chi connectivity index (χ3n) is 3.22. The maximum atomic E-state index is 11.9. The molecule has 3 nitrogen and oxygen atoms in total. The Hall–Kier alpha value is -1.68. The van der Waals surface area contributed by atoms with Crippen LogP contribution in [-0.2, 0) is 11.2 Å². The number of hydrogen-bond acceptors (Lipinski definition) is 4. The molecule has 1 aromatic heterocycles. The standard InChI is InChI=1S/C16H18N2OS/c1-11-12(2)17-16(18-13(11)3)20-10-15(19)9-14-7-5-4-6-8-14/h4-8H,9-10H2,1-3H3. The van der Waals surface area contributed by atoms with Crippen LogP contribution in [0.1, 0.15) is 22.5 Å². The molecular formula is C16H18N2OS. The zero-order valence-corrected chi connectivity index (χ0v) is 12.8. The number of hydrogen-bond donors (Lipinski definition) is 0. The number of Topliss-reactive ketones (excluding diaryl/α,β-unsaturated/α-hetero) is 1. The molecule has 0 fully saturated rings. The summed E-state index contributed by atoms with van der Waals surface area (Å²) in [5, 5.41) is 0.687. The summed E-state index contributed by atoms with van der Waals surface area (Å²) in [4.78, 5) is 20.8. The van der Waals surface area contributed by atoms with Crippen LogP contribution in [0.15, 0.2) is 35.5 Å². The molecule has 0 aliphatic carbocycles. The number of aromatic nitrogens is 2. The minimum Gasteiger partial charge on any atom is -0.298 e. The Labute approximate surface area is 123 Å². The van der Waals surface area contributed by atoms with Crippen molar-refractivity contribution in [2.24, 2.45) is 0 Å². The van der Waals surface area contributed by atoms with Crippen molar-refractivity contribution in [1.29, 1.82) is 0 Å². The number of carbonyl (C=O) groups is 1. The number of ketones is 1. The van der Waals surface area contributed by atoms with Crippen molar-refractivity contribution in [1.82, 2.24) is 9.97 Å². The number of carbonyl (C=O) groups excluding carboxylic acids is 1. The Balaban J connectivity index is 1.94. The molecular weight excluding hydrogens is 268 g/mol. The minimum atomic E-state index is 0.195. The molecule has 0 aliphatic rings. The molecule has 0 aliphatic heterocycles. The highest BCUT2D eigenvalue weighted by Gasteiger charge is 2.09. The van der Waals surface area contributed by atoms with Gasteiger partial charge < -0.3 is 0 Å². The topological polar surface area (TPSA) is 42.9 Å². The highest BCUT2D eigenvalue weighted by molar-refractivity contribution is 7.99. The molecule has 1 heterocycles. The van der Waals surface area contributed by atoms with Gasteiger partial charge in [-0.3, -0.25) is 4.79 Å². The van der Waals surface area contributed by atoms with Crippen molar-refractivity contribution in [2.45, 2.75) is 32.3 Å². The van der Waals surface area contributed by atoms with Gasteiger partial charge in [0, 0.05) is 17.8 Å². The number of aryl methyl sites for hydroxylation is 2. The summed E-state index contributed by atoms with van der Waals surface area (Å²) in [6.45, 7) is 5.96.